The Labute approximate surface area is 103 Å². The van der Waals surface area contributed by atoms with Crippen LogP contribution in [0, 0.1) is 13.8 Å². The first-order valence-electron chi connectivity index (χ1n) is 5.53. The fraction of sp³-hybridized carbons (Fsp3) is 0.308. The lowest BCUT2D eigenvalue weighted by Gasteiger charge is -2.07. The van der Waals surface area contributed by atoms with Crippen LogP contribution in [-0.4, -0.2) is 16.0 Å². The van der Waals surface area contributed by atoms with Crippen molar-refractivity contribution in [2.45, 2.75) is 26.6 Å². The molecule has 0 amide bonds. The number of nitrogens with zero attached hydrogens (tertiary/aromatic N) is 2. The van der Waals surface area contributed by atoms with Gasteiger partial charge in [0.1, 0.15) is 6.54 Å². The Bertz CT molecular complexity index is 556. The van der Waals surface area contributed by atoms with Gasteiger partial charge < -0.3 is 0 Å². The standard InChI is InChI=1S/C13H13F3N2/c1-9-4-3-5-11(10(9)2)12-6-7-18(17-12)8-13(14,15)16/h3-7H,8H2,1-2H3. The molecule has 0 saturated carbocycles. The summed E-state index contributed by atoms with van der Waals surface area (Å²) < 4.78 is 37.6. The Balaban J connectivity index is 2.33. The van der Waals surface area contributed by atoms with Gasteiger partial charge in [-0.05, 0) is 31.0 Å². The van der Waals surface area contributed by atoms with Crippen molar-refractivity contribution in [3.8, 4) is 11.3 Å². The summed E-state index contributed by atoms with van der Waals surface area (Å²) in [7, 11) is 0. The lowest BCUT2D eigenvalue weighted by atomic mass is 10.0. The summed E-state index contributed by atoms with van der Waals surface area (Å²) in [6, 6.07) is 7.31. The molecule has 0 saturated heterocycles. The van der Waals surface area contributed by atoms with Gasteiger partial charge in [-0.1, -0.05) is 18.2 Å². The second kappa shape index (κ2) is 4.48. The predicted octanol–water partition coefficient (Wildman–Crippen LogP) is 3.73. The van der Waals surface area contributed by atoms with Gasteiger partial charge in [0.05, 0.1) is 5.69 Å². The van der Waals surface area contributed by atoms with E-state index in [0.29, 0.717) is 5.69 Å². The van der Waals surface area contributed by atoms with Crippen LogP contribution < -0.4 is 0 Å². The molecule has 0 aliphatic heterocycles. The van der Waals surface area contributed by atoms with Gasteiger partial charge in [0.15, 0.2) is 0 Å². The molecule has 18 heavy (non-hydrogen) atoms. The van der Waals surface area contributed by atoms with Crippen LogP contribution in [0.2, 0.25) is 0 Å². The normalized spacial score (nSPS) is 11.8. The number of rotatable bonds is 2. The molecule has 2 rings (SSSR count). The fourth-order valence-corrected chi connectivity index (χ4v) is 1.81. The SMILES string of the molecule is Cc1cccc(-c2ccn(CC(F)(F)F)n2)c1C. The van der Waals surface area contributed by atoms with E-state index in [1.807, 2.05) is 32.0 Å². The van der Waals surface area contributed by atoms with Crippen LogP contribution in [0.4, 0.5) is 13.2 Å². The second-order valence-corrected chi connectivity index (χ2v) is 4.26. The van der Waals surface area contributed by atoms with Gasteiger partial charge in [-0.2, -0.15) is 18.3 Å². The average Bonchev–Trinajstić information content (AvgIpc) is 2.68. The first-order chi connectivity index (χ1) is 8.37. The molecular weight excluding hydrogens is 241 g/mol. The largest absolute Gasteiger partial charge is 0.408 e. The lowest BCUT2D eigenvalue weighted by molar-refractivity contribution is -0.142. The highest BCUT2D eigenvalue weighted by Crippen LogP contribution is 2.24. The van der Waals surface area contributed by atoms with Crippen molar-refractivity contribution in [1.82, 2.24) is 9.78 Å². The van der Waals surface area contributed by atoms with Gasteiger partial charge in [0, 0.05) is 11.8 Å². The molecule has 0 fully saturated rings. The van der Waals surface area contributed by atoms with E-state index in [2.05, 4.69) is 5.10 Å². The Morgan fingerprint density at radius 3 is 2.56 bits per heavy atom. The van der Waals surface area contributed by atoms with Gasteiger partial charge in [0.2, 0.25) is 0 Å². The van der Waals surface area contributed by atoms with Gasteiger partial charge >= 0.3 is 6.18 Å². The lowest BCUT2D eigenvalue weighted by Crippen LogP contribution is -2.17. The molecule has 2 nitrogen and oxygen atoms in total. The van der Waals surface area contributed by atoms with Crippen molar-refractivity contribution in [3.05, 3.63) is 41.6 Å². The van der Waals surface area contributed by atoms with Crippen LogP contribution in [0.15, 0.2) is 30.5 Å². The number of alkyl halides is 3. The van der Waals surface area contributed by atoms with E-state index in [-0.39, 0.29) is 0 Å². The summed E-state index contributed by atoms with van der Waals surface area (Å²) in [4.78, 5) is 0. The molecule has 0 unspecified atom stereocenters. The first kappa shape index (κ1) is 12.7. The summed E-state index contributed by atoms with van der Waals surface area (Å²) in [6.07, 6.45) is -2.89. The predicted molar refractivity (Wildman–Crippen MR) is 63.2 cm³/mol. The van der Waals surface area contributed by atoms with Gasteiger partial charge in [-0.15, -0.1) is 0 Å². The minimum atomic E-state index is -4.25. The Morgan fingerprint density at radius 1 is 1.17 bits per heavy atom. The zero-order valence-electron chi connectivity index (χ0n) is 10.1. The molecule has 0 radical (unpaired) electrons. The van der Waals surface area contributed by atoms with Crippen LogP contribution in [-0.2, 0) is 6.54 Å². The zero-order chi connectivity index (χ0) is 13.3. The highest BCUT2D eigenvalue weighted by Gasteiger charge is 2.28. The topological polar surface area (TPSA) is 17.8 Å². The maximum absolute atomic E-state index is 12.2. The van der Waals surface area contributed by atoms with Gasteiger partial charge in [-0.3, -0.25) is 4.68 Å². The summed E-state index contributed by atoms with van der Waals surface area (Å²) in [6.45, 7) is 2.84. The summed E-state index contributed by atoms with van der Waals surface area (Å²) in [5, 5.41) is 3.96. The number of aryl methyl sites for hydroxylation is 1. The summed E-state index contributed by atoms with van der Waals surface area (Å²) in [5.41, 5.74) is 3.57. The number of benzene rings is 1. The van der Waals surface area contributed by atoms with Crippen molar-refractivity contribution in [1.29, 1.82) is 0 Å². The number of hydrogen-bond acceptors (Lipinski definition) is 1. The third-order valence-corrected chi connectivity index (χ3v) is 2.86. The smallest absolute Gasteiger partial charge is 0.263 e. The second-order valence-electron chi connectivity index (χ2n) is 4.26. The maximum Gasteiger partial charge on any atom is 0.408 e. The summed E-state index contributed by atoms with van der Waals surface area (Å²) >= 11 is 0. The van der Waals surface area contributed by atoms with Crippen LogP contribution in [0.5, 0.6) is 0 Å². The molecule has 1 aromatic heterocycles. The average molecular weight is 254 g/mol. The van der Waals surface area contributed by atoms with Crippen molar-refractivity contribution >= 4 is 0 Å². The fourth-order valence-electron chi connectivity index (χ4n) is 1.81. The molecule has 0 bridgehead atoms. The van der Waals surface area contributed by atoms with E-state index in [1.54, 1.807) is 6.07 Å². The minimum Gasteiger partial charge on any atom is -0.263 e. The quantitative estimate of drug-likeness (QED) is 0.798. The third kappa shape index (κ3) is 2.72. The maximum atomic E-state index is 12.2. The third-order valence-electron chi connectivity index (χ3n) is 2.86. The zero-order valence-corrected chi connectivity index (χ0v) is 10.1. The van der Waals surface area contributed by atoms with Crippen molar-refractivity contribution in [2.24, 2.45) is 0 Å². The Morgan fingerprint density at radius 2 is 1.89 bits per heavy atom. The van der Waals surface area contributed by atoms with E-state index in [9.17, 15) is 13.2 Å². The molecule has 0 spiro atoms. The van der Waals surface area contributed by atoms with E-state index >= 15 is 0 Å². The molecule has 1 heterocycles. The highest BCUT2D eigenvalue weighted by atomic mass is 19.4. The number of aromatic nitrogens is 2. The molecule has 0 atom stereocenters. The van der Waals surface area contributed by atoms with Crippen molar-refractivity contribution in [3.63, 3.8) is 0 Å². The van der Waals surface area contributed by atoms with Crippen molar-refractivity contribution < 1.29 is 13.2 Å². The van der Waals surface area contributed by atoms with E-state index < -0.39 is 12.7 Å². The number of halogens is 3. The monoisotopic (exact) mass is 254 g/mol. The van der Waals surface area contributed by atoms with Crippen LogP contribution >= 0.6 is 0 Å². The Kier molecular flexibility index (Phi) is 3.15. The first-order valence-corrected chi connectivity index (χ1v) is 5.53. The molecule has 0 aliphatic carbocycles. The highest BCUT2D eigenvalue weighted by molar-refractivity contribution is 5.64. The molecule has 1 aromatic carbocycles. The number of hydrogen-bond donors (Lipinski definition) is 0. The van der Waals surface area contributed by atoms with E-state index in [4.69, 9.17) is 0 Å². The van der Waals surface area contributed by atoms with Crippen molar-refractivity contribution in [2.75, 3.05) is 0 Å². The summed E-state index contributed by atoms with van der Waals surface area (Å²) in [5.74, 6) is 0. The van der Waals surface area contributed by atoms with Crippen LogP contribution in [0.25, 0.3) is 11.3 Å². The molecule has 2 aromatic rings. The molecular formula is C13H13F3N2. The molecule has 5 heteroatoms. The molecule has 0 aliphatic rings. The van der Waals surface area contributed by atoms with E-state index in [1.165, 1.54) is 6.20 Å². The minimum absolute atomic E-state index is 0.570. The van der Waals surface area contributed by atoms with E-state index in [0.717, 1.165) is 21.4 Å². The Hall–Kier alpha value is -1.78. The molecule has 96 valence electrons. The van der Waals surface area contributed by atoms with Gasteiger partial charge in [-0.25, -0.2) is 0 Å². The van der Waals surface area contributed by atoms with Crippen LogP contribution in [0.1, 0.15) is 11.1 Å². The molecule has 0 N–H and O–H groups in total. The van der Waals surface area contributed by atoms with Gasteiger partial charge in [0.25, 0.3) is 0 Å². The van der Waals surface area contributed by atoms with Crippen LogP contribution in [0.3, 0.4) is 0 Å².